The van der Waals surface area contributed by atoms with Crippen molar-refractivity contribution in [1.29, 1.82) is 0 Å². The van der Waals surface area contributed by atoms with E-state index in [4.69, 9.17) is 9.16 Å². The third-order valence-electron chi connectivity index (χ3n) is 4.31. The van der Waals surface area contributed by atoms with E-state index in [1.54, 1.807) is 6.08 Å². The van der Waals surface area contributed by atoms with Gasteiger partial charge in [-0.05, 0) is 44.6 Å². The van der Waals surface area contributed by atoms with E-state index >= 15 is 0 Å². The van der Waals surface area contributed by atoms with E-state index in [0.29, 0.717) is 13.2 Å². The topological polar surface area (TPSA) is 52.6 Å². The Morgan fingerprint density at radius 2 is 1.92 bits per heavy atom. The highest BCUT2D eigenvalue weighted by molar-refractivity contribution is 7.92. The van der Waals surface area contributed by atoms with Crippen molar-refractivity contribution in [2.24, 2.45) is 0 Å². The molecule has 1 heterocycles. The molecule has 6 heteroatoms. The van der Waals surface area contributed by atoms with Crippen LogP contribution in [-0.2, 0) is 25.6 Å². The van der Waals surface area contributed by atoms with Crippen LogP contribution in [-0.4, -0.2) is 40.4 Å². The molecule has 0 saturated carbocycles. The molecule has 0 aliphatic carbocycles. The van der Waals surface area contributed by atoms with Crippen molar-refractivity contribution in [3.05, 3.63) is 59.2 Å². The molecule has 1 aliphatic heterocycles. The maximum Gasteiger partial charge on any atom is 0.184 e. The summed E-state index contributed by atoms with van der Waals surface area (Å²) in [6.45, 7) is 11.0. The second-order valence-corrected chi connectivity index (χ2v) is 14.4. The third-order valence-corrected chi connectivity index (χ3v) is 7.30. The monoisotopic (exact) mass is 394 g/mol. The molecule has 2 rings (SSSR count). The quantitative estimate of drug-likeness (QED) is 0.378. The Labute approximate surface area is 159 Å². The number of hydrogen-bond acceptors (Lipinski definition) is 4. The van der Waals surface area contributed by atoms with Gasteiger partial charge in [-0.2, -0.15) is 0 Å². The fraction of sp³-hybridized carbons (Fsp3) is 0.500. The van der Waals surface area contributed by atoms with Gasteiger partial charge in [0.25, 0.3) is 0 Å². The second-order valence-electron chi connectivity index (χ2n) is 7.80. The van der Waals surface area contributed by atoms with Crippen molar-refractivity contribution >= 4 is 18.2 Å². The Kier molecular flexibility index (Phi) is 7.02. The van der Waals surface area contributed by atoms with E-state index in [9.17, 15) is 8.42 Å². The summed E-state index contributed by atoms with van der Waals surface area (Å²) in [5.41, 5.74) is 2.92. The molecular formula is C20H30O4SSi. The van der Waals surface area contributed by atoms with Crippen molar-refractivity contribution in [2.75, 3.05) is 12.4 Å². The van der Waals surface area contributed by atoms with Crippen LogP contribution in [0.5, 0.6) is 0 Å². The minimum absolute atomic E-state index is 0.104. The van der Waals surface area contributed by atoms with Gasteiger partial charge < -0.3 is 9.16 Å². The summed E-state index contributed by atoms with van der Waals surface area (Å²) < 4.78 is 37.1. The van der Waals surface area contributed by atoms with Gasteiger partial charge in [-0.25, -0.2) is 8.42 Å². The summed E-state index contributed by atoms with van der Waals surface area (Å²) in [5.74, 6) is 0.104. The van der Waals surface area contributed by atoms with Gasteiger partial charge >= 0.3 is 0 Å². The highest BCUT2D eigenvalue weighted by Gasteiger charge is 2.41. The fourth-order valence-corrected chi connectivity index (χ4v) is 6.20. The smallest absolute Gasteiger partial charge is 0.184 e. The van der Waals surface area contributed by atoms with E-state index < -0.39 is 29.5 Å². The molecule has 2 unspecified atom stereocenters. The summed E-state index contributed by atoms with van der Waals surface area (Å²) in [7, 11) is -5.12. The average Bonchev–Trinajstić information content (AvgIpc) is 2.82. The molecule has 1 aliphatic rings. The van der Waals surface area contributed by atoms with Crippen LogP contribution in [0.25, 0.3) is 0 Å². The van der Waals surface area contributed by atoms with Crippen molar-refractivity contribution in [3.63, 3.8) is 0 Å². The molecule has 1 aromatic rings. The zero-order valence-corrected chi connectivity index (χ0v) is 18.2. The van der Waals surface area contributed by atoms with Crippen molar-refractivity contribution in [3.8, 4) is 0 Å². The van der Waals surface area contributed by atoms with Gasteiger partial charge in [0.15, 0.2) is 18.2 Å². The molecule has 1 aromatic carbocycles. The lowest BCUT2D eigenvalue weighted by molar-refractivity contribution is 0.146. The second kappa shape index (κ2) is 8.65. The molecule has 0 spiro atoms. The Morgan fingerprint density at radius 1 is 1.27 bits per heavy atom. The van der Waals surface area contributed by atoms with Crippen LogP contribution >= 0.6 is 0 Å². The van der Waals surface area contributed by atoms with E-state index in [2.05, 4.69) is 19.6 Å². The molecule has 26 heavy (non-hydrogen) atoms. The van der Waals surface area contributed by atoms with E-state index in [1.165, 1.54) is 0 Å². The van der Waals surface area contributed by atoms with Crippen molar-refractivity contribution < 1.29 is 17.6 Å². The average molecular weight is 395 g/mol. The SMILES string of the molecule is CC1=CCS(=O)(=O)C1C(O[Si](C)(C)C)/C(C)=C\COCc1ccccc1. The highest BCUT2D eigenvalue weighted by Crippen LogP contribution is 2.31. The minimum atomic E-state index is -3.20. The van der Waals surface area contributed by atoms with Crippen LogP contribution in [0.2, 0.25) is 19.6 Å². The van der Waals surface area contributed by atoms with E-state index in [0.717, 1.165) is 16.7 Å². The molecule has 0 N–H and O–H groups in total. The lowest BCUT2D eigenvalue weighted by atomic mass is 10.0. The summed E-state index contributed by atoms with van der Waals surface area (Å²) in [6, 6.07) is 9.99. The van der Waals surface area contributed by atoms with Crippen molar-refractivity contribution in [1.82, 2.24) is 0 Å². The van der Waals surface area contributed by atoms with Crippen LogP contribution in [0.4, 0.5) is 0 Å². The fourth-order valence-electron chi connectivity index (χ4n) is 3.01. The van der Waals surface area contributed by atoms with Gasteiger partial charge in [-0.3, -0.25) is 0 Å². The number of ether oxygens (including phenoxy) is 1. The Balaban J connectivity index is 2.10. The molecular weight excluding hydrogens is 364 g/mol. The predicted octanol–water partition coefficient (Wildman–Crippen LogP) is 4.11. The van der Waals surface area contributed by atoms with Gasteiger partial charge in [-0.1, -0.05) is 48.1 Å². The van der Waals surface area contributed by atoms with Gasteiger partial charge in [-0.15, -0.1) is 0 Å². The van der Waals surface area contributed by atoms with Gasteiger partial charge in [0.1, 0.15) is 5.25 Å². The predicted molar refractivity (Wildman–Crippen MR) is 109 cm³/mol. The van der Waals surface area contributed by atoms with Crippen LogP contribution in [0, 0.1) is 0 Å². The first kappa shape index (κ1) is 21.1. The first-order chi connectivity index (χ1) is 12.1. The molecule has 0 amide bonds. The Bertz CT molecular complexity index is 761. The lowest BCUT2D eigenvalue weighted by Gasteiger charge is -2.32. The van der Waals surface area contributed by atoms with Gasteiger partial charge in [0, 0.05) is 0 Å². The Morgan fingerprint density at radius 3 is 2.46 bits per heavy atom. The van der Waals surface area contributed by atoms with Crippen LogP contribution < -0.4 is 0 Å². The Hall–Kier alpha value is -1.21. The summed E-state index contributed by atoms with van der Waals surface area (Å²) in [6.07, 6.45) is 3.32. The summed E-state index contributed by atoms with van der Waals surface area (Å²) in [5, 5.41) is -0.584. The molecule has 4 nitrogen and oxygen atoms in total. The number of benzene rings is 1. The van der Waals surface area contributed by atoms with Crippen LogP contribution in [0.1, 0.15) is 19.4 Å². The molecule has 2 atom stereocenters. The number of sulfone groups is 1. The number of hydrogen-bond donors (Lipinski definition) is 0. The lowest BCUT2D eigenvalue weighted by Crippen LogP contribution is -2.42. The maximum absolute atomic E-state index is 12.5. The first-order valence-corrected chi connectivity index (χ1v) is 14.1. The summed E-state index contributed by atoms with van der Waals surface area (Å²) >= 11 is 0. The zero-order chi connectivity index (χ0) is 19.4. The van der Waals surface area contributed by atoms with E-state index in [1.807, 2.05) is 50.3 Å². The first-order valence-electron chi connectivity index (χ1n) is 8.94. The van der Waals surface area contributed by atoms with Crippen LogP contribution in [0.15, 0.2) is 53.6 Å². The zero-order valence-electron chi connectivity index (χ0n) is 16.4. The summed E-state index contributed by atoms with van der Waals surface area (Å²) in [4.78, 5) is 0. The molecule has 0 saturated heterocycles. The van der Waals surface area contributed by atoms with Crippen molar-refractivity contribution in [2.45, 2.75) is 51.4 Å². The van der Waals surface area contributed by atoms with Gasteiger partial charge in [0.05, 0.1) is 25.1 Å². The standard InChI is InChI=1S/C20H30O4SSi/c1-16(11-13-23-15-18-9-7-6-8-10-18)19(24-26(3,4)5)20-17(2)12-14-25(20,21)22/h6-12,19-20H,13-15H2,1-5H3/b16-11-. The minimum Gasteiger partial charge on any atom is -0.409 e. The third kappa shape index (κ3) is 5.91. The molecule has 0 fully saturated rings. The van der Waals surface area contributed by atoms with Crippen LogP contribution in [0.3, 0.4) is 0 Å². The van der Waals surface area contributed by atoms with E-state index in [-0.39, 0.29) is 5.75 Å². The molecule has 144 valence electrons. The maximum atomic E-state index is 12.5. The molecule has 0 bridgehead atoms. The molecule has 0 radical (unpaired) electrons. The normalized spacial score (nSPS) is 21.5. The van der Waals surface area contributed by atoms with Gasteiger partial charge in [0.2, 0.25) is 0 Å². The highest BCUT2D eigenvalue weighted by atomic mass is 32.2. The number of rotatable bonds is 8. The largest absolute Gasteiger partial charge is 0.409 e. The molecule has 0 aromatic heterocycles.